The van der Waals surface area contributed by atoms with Crippen LogP contribution in [0.15, 0.2) is 18.3 Å². The van der Waals surface area contributed by atoms with E-state index in [0.717, 1.165) is 37.9 Å². The van der Waals surface area contributed by atoms with Crippen molar-refractivity contribution in [2.24, 2.45) is 5.92 Å². The average Bonchev–Trinajstić information content (AvgIpc) is 2.64. The molecule has 0 bridgehead atoms. The number of nitrogens with zero attached hydrogens (tertiary/aromatic N) is 2. The number of imide groups is 1. The van der Waals surface area contributed by atoms with Crippen LogP contribution >= 0.6 is 0 Å². The Hall–Kier alpha value is -2.77. The van der Waals surface area contributed by atoms with Crippen LogP contribution in [0.2, 0.25) is 0 Å². The zero-order valence-electron chi connectivity index (χ0n) is 13.7. The van der Waals surface area contributed by atoms with E-state index in [4.69, 9.17) is 0 Å². The number of piperidine rings is 2. The number of aromatic nitrogens is 1. The molecule has 3 amide bonds. The molecular formula is C17H20N4O4. The number of rotatable bonds is 4. The minimum absolute atomic E-state index is 0.128. The molecule has 2 saturated heterocycles. The molecule has 3 heterocycles. The zero-order chi connectivity index (χ0) is 17.8. The van der Waals surface area contributed by atoms with Crippen molar-refractivity contribution in [3.05, 3.63) is 24.0 Å². The molecule has 0 saturated carbocycles. The lowest BCUT2D eigenvalue weighted by Gasteiger charge is -2.31. The lowest BCUT2D eigenvalue weighted by Crippen LogP contribution is -2.52. The van der Waals surface area contributed by atoms with E-state index in [1.807, 2.05) is 6.07 Å². The number of carbonyl (C=O) groups is 4. The Morgan fingerprint density at radius 3 is 2.60 bits per heavy atom. The van der Waals surface area contributed by atoms with Gasteiger partial charge < -0.3 is 15.0 Å². The first-order valence-corrected chi connectivity index (χ1v) is 8.37. The molecule has 25 heavy (non-hydrogen) atoms. The Labute approximate surface area is 145 Å². The molecule has 0 aliphatic carbocycles. The number of carbonyl (C=O) groups excluding carboxylic acids is 4. The van der Waals surface area contributed by atoms with Gasteiger partial charge in [0.1, 0.15) is 18.0 Å². The molecule has 2 aliphatic heterocycles. The number of pyridine rings is 1. The first-order chi connectivity index (χ1) is 12.1. The largest absolute Gasteiger partial charge is 0.370 e. The van der Waals surface area contributed by atoms with E-state index in [1.165, 1.54) is 0 Å². The van der Waals surface area contributed by atoms with Gasteiger partial charge in [-0.25, -0.2) is 4.98 Å². The number of amides is 3. The third-order valence-electron chi connectivity index (χ3n) is 4.62. The summed E-state index contributed by atoms with van der Waals surface area (Å²) in [5, 5.41) is 4.80. The van der Waals surface area contributed by atoms with Crippen LogP contribution in [-0.4, -0.2) is 48.1 Å². The van der Waals surface area contributed by atoms with E-state index in [2.05, 4.69) is 20.5 Å². The van der Waals surface area contributed by atoms with Crippen LogP contribution in [0.3, 0.4) is 0 Å². The Morgan fingerprint density at radius 1 is 1.24 bits per heavy atom. The van der Waals surface area contributed by atoms with Crippen LogP contribution in [0.4, 0.5) is 5.69 Å². The van der Waals surface area contributed by atoms with Gasteiger partial charge in [0.05, 0.1) is 11.9 Å². The lowest BCUT2D eigenvalue weighted by molar-refractivity contribution is -0.134. The van der Waals surface area contributed by atoms with Gasteiger partial charge in [-0.1, -0.05) is 0 Å². The maximum absolute atomic E-state index is 12.2. The highest BCUT2D eigenvalue weighted by atomic mass is 16.2. The van der Waals surface area contributed by atoms with Crippen molar-refractivity contribution >= 4 is 29.7 Å². The molecule has 0 spiro atoms. The minimum Gasteiger partial charge on any atom is -0.370 e. The molecule has 1 aromatic rings. The summed E-state index contributed by atoms with van der Waals surface area (Å²) in [6.07, 6.45) is 4.78. The fourth-order valence-electron chi connectivity index (χ4n) is 3.06. The van der Waals surface area contributed by atoms with Gasteiger partial charge in [0.15, 0.2) is 0 Å². The van der Waals surface area contributed by atoms with E-state index < -0.39 is 17.9 Å². The van der Waals surface area contributed by atoms with Crippen molar-refractivity contribution in [2.75, 3.05) is 18.0 Å². The van der Waals surface area contributed by atoms with Crippen molar-refractivity contribution in [3.63, 3.8) is 0 Å². The Kier molecular flexibility index (Phi) is 5.06. The quantitative estimate of drug-likeness (QED) is 0.589. The second kappa shape index (κ2) is 7.42. The smallest absolute Gasteiger partial charge is 0.270 e. The van der Waals surface area contributed by atoms with E-state index in [1.54, 1.807) is 12.3 Å². The summed E-state index contributed by atoms with van der Waals surface area (Å²) in [6.45, 7) is 1.57. The van der Waals surface area contributed by atoms with Gasteiger partial charge in [0.2, 0.25) is 11.8 Å². The maximum atomic E-state index is 12.2. The second-order valence-electron chi connectivity index (χ2n) is 6.34. The van der Waals surface area contributed by atoms with Crippen molar-refractivity contribution in [1.82, 2.24) is 15.6 Å². The number of anilines is 1. The van der Waals surface area contributed by atoms with Crippen molar-refractivity contribution in [1.29, 1.82) is 0 Å². The summed E-state index contributed by atoms with van der Waals surface area (Å²) in [5.41, 5.74) is 1.12. The predicted molar refractivity (Wildman–Crippen MR) is 88.9 cm³/mol. The Balaban J connectivity index is 1.58. The van der Waals surface area contributed by atoms with Crippen LogP contribution < -0.4 is 15.5 Å². The molecular weight excluding hydrogens is 324 g/mol. The van der Waals surface area contributed by atoms with Crippen molar-refractivity contribution < 1.29 is 19.2 Å². The fraction of sp³-hybridized carbons (Fsp3) is 0.471. The lowest BCUT2D eigenvalue weighted by atomic mass is 9.98. The van der Waals surface area contributed by atoms with E-state index in [-0.39, 0.29) is 23.9 Å². The number of aldehydes is 1. The summed E-state index contributed by atoms with van der Waals surface area (Å²) in [5.74, 6) is -1.13. The Morgan fingerprint density at radius 2 is 2.00 bits per heavy atom. The molecule has 8 nitrogen and oxygen atoms in total. The van der Waals surface area contributed by atoms with Gasteiger partial charge in [-0.05, 0) is 31.4 Å². The molecule has 0 radical (unpaired) electrons. The highest BCUT2D eigenvalue weighted by molar-refractivity contribution is 6.03. The van der Waals surface area contributed by atoms with Crippen LogP contribution in [0, 0.1) is 5.92 Å². The van der Waals surface area contributed by atoms with E-state index >= 15 is 0 Å². The molecule has 2 aliphatic rings. The minimum atomic E-state index is -0.714. The normalized spacial score (nSPS) is 21.6. The summed E-state index contributed by atoms with van der Waals surface area (Å²) in [6, 6.07) is 2.71. The number of hydrogen-bond donors (Lipinski definition) is 2. The van der Waals surface area contributed by atoms with E-state index in [0.29, 0.717) is 6.42 Å². The predicted octanol–water partition coefficient (Wildman–Crippen LogP) is 0.0319. The molecule has 1 atom stereocenters. The van der Waals surface area contributed by atoms with Crippen LogP contribution in [-0.2, 0) is 14.4 Å². The maximum Gasteiger partial charge on any atom is 0.270 e. The summed E-state index contributed by atoms with van der Waals surface area (Å²) >= 11 is 0. The van der Waals surface area contributed by atoms with Crippen LogP contribution in [0.1, 0.15) is 36.2 Å². The van der Waals surface area contributed by atoms with Crippen LogP contribution in [0.25, 0.3) is 0 Å². The molecule has 1 aromatic heterocycles. The van der Waals surface area contributed by atoms with Gasteiger partial charge in [0, 0.05) is 25.4 Å². The number of hydrogen-bond acceptors (Lipinski definition) is 6. The molecule has 0 unspecified atom stereocenters. The zero-order valence-corrected chi connectivity index (χ0v) is 13.7. The van der Waals surface area contributed by atoms with Crippen molar-refractivity contribution in [3.8, 4) is 0 Å². The van der Waals surface area contributed by atoms with Crippen molar-refractivity contribution in [2.45, 2.75) is 31.7 Å². The van der Waals surface area contributed by atoms with Crippen LogP contribution in [0.5, 0.6) is 0 Å². The van der Waals surface area contributed by atoms with Gasteiger partial charge in [-0.15, -0.1) is 0 Å². The second-order valence-corrected chi connectivity index (χ2v) is 6.34. The third-order valence-corrected chi connectivity index (χ3v) is 4.62. The highest BCUT2D eigenvalue weighted by Crippen LogP contribution is 2.21. The van der Waals surface area contributed by atoms with Gasteiger partial charge in [0.25, 0.3) is 5.91 Å². The van der Waals surface area contributed by atoms with Gasteiger partial charge >= 0.3 is 0 Å². The SMILES string of the molecule is O=CC1CCN(c2ccc(C(=O)N[C@H]3CCC(=O)NC3=O)nc2)CC1. The molecule has 8 heteroatoms. The summed E-state index contributed by atoms with van der Waals surface area (Å²) in [4.78, 5) is 52.1. The van der Waals surface area contributed by atoms with Gasteiger partial charge in [-0.2, -0.15) is 0 Å². The van der Waals surface area contributed by atoms with Gasteiger partial charge in [-0.3, -0.25) is 19.7 Å². The monoisotopic (exact) mass is 344 g/mol. The molecule has 132 valence electrons. The highest BCUT2D eigenvalue weighted by Gasteiger charge is 2.28. The molecule has 2 N–H and O–H groups in total. The van der Waals surface area contributed by atoms with E-state index in [9.17, 15) is 19.2 Å². The first kappa shape index (κ1) is 17.1. The summed E-state index contributed by atoms with van der Waals surface area (Å²) in [7, 11) is 0. The molecule has 3 rings (SSSR count). The third kappa shape index (κ3) is 4.01. The summed E-state index contributed by atoms with van der Waals surface area (Å²) < 4.78 is 0. The number of nitrogens with one attached hydrogen (secondary N) is 2. The Bertz CT molecular complexity index is 680. The topological polar surface area (TPSA) is 108 Å². The standard InChI is InChI=1S/C17H20N4O4/c22-10-11-5-7-21(8-6-11)12-1-2-13(18-9-12)16(24)19-14-3-4-15(23)20-17(14)25/h1-2,9-11,14H,3-8H2,(H,19,24)(H,20,23,25)/t14-/m0/s1. The molecule has 2 fully saturated rings. The first-order valence-electron chi connectivity index (χ1n) is 8.37. The molecule has 0 aromatic carbocycles. The average molecular weight is 344 g/mol. The fourth-order valence-corrected chi connectivity index (χ4v) is 3.06.